The third kappa shape index (κ3) is 2.83. The second kappa shape index (κ2) is 5.46. The standard InChI is InChI=1S/C18H20N2O2/c1-18(2,22)13-8-6-12(7-9-13)14-4-3-5-15-17(14)19-11-10-16(21)20-15/h3-9,19,22H,10-11H2,1-2H3,(H,20,21). The molecule has 0 saturated carbocycles. The lowest BCUT2D eigenvalue weighted by Crippen LogP contribution is -2.14. The van der Waals surface area contributed by atoms with Crippen LogP contribution in [0, 0.1) is 0 Å². The molecule has 114 valence electrons. The molecular weight excluding hydrogens is 276 g/mol. The largest absolute Gasteiger partial charge is 0.386 e. The van der Waals surface area contributed by atoms with E-state index in [4.69, 9.17) is 0 Å². The number of rotatable bonds is 2. The summed E-state index contributed by atoms with van der Waals surface area (Å²) in [6.45, 7) is 4.17. The number of benzene rings is 2. The number of anilines is 2. The highest BCUT2D eigenvalue weighted by Gasteiger charge is 2.18. The Morgan fingerprint density at radius 3 is 2.50 bits per heavy atom. The lowest BCUT2D eigenvalue weighted by atomic mass is 9.95. The van der Waals surface area contributed by atoms with E-state index >= 15 is 0 Å². The second-order valence-electron chi connectivity index (χ2n) is 6.09. The quantitative estimate of drug-likeness (QED) is 0.796. The van der Waals surface area contributed by atoms with Crippen LogP contribution in [0.5, 0.6) is 0 Å². The first-order valence-corrected chi connectivity index (χ1v) is 7.45. The minimum atomic E-state index is -0.849. The van der Waals surface area contributed by atoms with E-state index in [2.05, 4.69) is 10.6 Å². The Morgan fingerprint density at radius 2 is 1.82 bits per heavy atom. The number of para-hydroxylation sites is 1. The number of nitrogens with one attached hydrogen (secondary N) is 2. The van der Waals surface area contributed by atoms with Gasteiger partial charge in [0.05, 0.1) is 17.0 Å². The number of fused-ring (bicyclic) bond motifs is 1. The van der Waals surface area contributed by atoms with E-state index in [0.717, 1.165) is 28.1 Å². The first-order chi connectivity index (χ1) is 10.4. The smallest absolute Gasteiger partial charge is 0.226 e. The Kier molecular flexibility index (Phi) is 3.62. The topological polar surface area (TPSA) is 61.4 Å². The van der Waals surface area contributed by atoms with Crippen molar-refractivity contribution in [1.29, 1.82) is 0 Å². The normalized spacial score (nSPS) is 14.6. The molecule has 1 amide bonds. The second-order valence-corrected chi connectivity index (χ2v) is 6.09. The van der Waals surface area contributed by atoms with Crippen LogP contribution in [0.3, 0.4) is 0 Å². The van der Waals surface area contributed by atoms with Gasteiger partial charge in [0, 0.05) is 18.5 Å². The average molecular weight is 296 g/mol. The maximum atomic E-state index is 11.7. The highest BCUT2D eigenvalue weighted by atomic mass is 16.3. The van der Waals surface area contributed by atoms with Crippen LogP contribution in [0.15, 0.2) is 42.5 Å². The Hall–Kier alpha value is -2.33. The number of amides is 1. The molecule has 0 unspecified atom stereocenters. The maximum absolute atomic E-state index is 11.7. The van der Waals surface area contributed by atoms with Crippen LogP contribution in [-0.4, -0.2) is 17.6 Å². The fourth-order valence-electron chi connectivity index (χ4n) is 2.66. The van der Waals surface area contributed by atoms with Crippen LogP contribution < -0.4 is 10.6 Å². The molecule has 22 heavy (non-hydrogen) atoms. The van der Waals surface area contributed by atoms with Gasteiger partial charge in [0.2, 0.25) is 5.91 Å². The molecule has 0 radical (unpaired) electrons. The van der Waals surface area contributed by atoms with Crippen molar-refractivity contribution in [1.82, 2.24) is 0 Å². The molecule has 4 nitrogen and oxygen atoms in total. The molecule has 0 spiro atoms. The number of aliphatic hydroxyl groups is 1. The Morgan fingerprint density at radius 1 is 1.09 bits per heavy atom. The predicted molar refractivity (Wildman–Crippen MR) is 88.9 cm³/mol. The van der Waals surface area contributed by atoms with Gasteiger partial charge in [-0.1, -0.05) is 36.4 Å². The molecule has 1 aliphatic heterocycles. The van der Waals surface area contributed by atoms with E-state index in [0.29, 0.717) is 13.0 Å². The molecule has 0 saturated heterocycles. The van der Waals surface area contributed by atoms with E-state index < -0.39 is 5.60 Å². The average Bonchev–Trinajstić information content (AvgIpc) is 2.66. The SMILES string of the molecule is CC(C)(O)c1ccc(-c2cccc3c2NCCC(=O)N3)cc1. The fraction of sp³-hybridized carbons (Fsp3) is 0.278. The van der Waals surface area contributed by atoms with E-state index in [1.807, 2.05) is 42.5 Å². The van der Waals surface area contributed by atoms with Crippen molar-refractivity contribution in [3.05, 3.63) is 48.0 Å². The Labute approximate surface area is 130 Å². The summed E-state index contributed by atoms with van der Waals surface area (Å²) in [5.74, 6) is 0.0285. The molecule has 2 aromatic carbocycles. The molecule has 3 rings (SSSR count). The number of carbonyl (C=O) groups excluding carboxylic acids is 1. The van der Waals surface area contributed by atoms with Crippen LogP contribution >= 0.6 is 0 Å². The molecule has 0 atom stereocenters. The minimum absolute atomic E-state index is 0.0285. The molecule has 1 aliphatic rings. The summed E-state index contributed by atoms with van der Waals surface area (Å²) >= 11 is 0. The summed E-state index contributed by atoms with van der Waals surface area (Å²) in [5.41, 5.74) is 3.88. The van der Waals surface area contributed by atoms with Crippen LogP contribution in [0.25, 0.3) is 11.1 Å². The van der Waals surface area contributed by atoms with Gasteiger partial charge in [0.1, 0.15) is 0 Å². The van der Waals surface area contributed by atoms with Gasteiger partial charge in [-0.15, -0.1) is 0 Å². The van der Waals surface area contributed by atoms with Crippen molar-refractivity contribution in [2.45, 2.75) is 25.9 Å². The van der Waals surface area contributed by atoms with Crippen molar-refractivity contribution < 1.29 is 9.90 Å². The summed E-state index contributed by atoms with van der Waals surface area (Å²) < 4.78 is 0. The molecule has 0 bridgehead atoms. The van der Waals surface area contributed by atoms with Gasteiger partial charge < -0.3 is 15.7 Å². The van der Waals surface area contributed by atoms with Crippen LogP contribution in [-0.2, 0) is 10.4 Å². The Balaban J connectivity index is 2.02. The van der Waals surface area contributed by atoms with Gasteiger partial charge in [0.25, 0.3) is 0 Å². The van der Waals surface area contributed by atoms with Gasteiger partial charge in [-0.3, -0.25) is 4.79 Å². The fourth-order valence-corrected chi connectivity index (χ4v) is 2.66. The zero-order valence-electron chi connectivity index (χ0n) is 12.8. The summed E-state index contributed by atoms with van der Waals surface area (Å²) in [6, 6.07) is 13.7. The van der Waals surface area contributed by atoms with Crippen molar-refractivity contribution in [3.63, 3.8) is 0 Å². The predicted octanol–water partition coefficient (Wildman–Crippen LogP) is 3.34. The van der Waals surface area contributed by atoms with E-state index in [-0.39, 0.29) is 5.91 Å². The highest BCUT2D eigenvalue weighted by Crippen LogP contribution is 2.36. The molecule has 0 fully saturated rings. The molecule has 1 heterocycles. The molecule has 4 heteroatoms. The molecule has 0 aromatic heterocycles. The summed E-state index contributed by atoms with van der Waals surface area (Å²) in [6.07, 6.45) is 0.464. The molecule has 2 aromatic rings. The molecular formula is C18H20N2O2. The third-order valence-corrected chi connectivity index (χ3v) is 3.89. The molecule has 3 N–H and O–H groups in total. The van der Waals surface area contributed by atoms with Gasteiger partial charge >= 0.3 is 0 Å². The van der Waals surface area contributed by atoms with Crippen LogP contribution in [0.2, 0.25) is 0 Å². The lowest BCUT2D eigenvalue weighted by molar-refractivity contribution is -0.115. The summed E-state index contributed by atoms with van der Waals surface area (Å²) in [7, 11) is 0. The minimum Gasteiger partial charge on any atom is -0.386 e. The van der Waals surface area contributed by atoms with Gasteiger partial charge in [-0.25, -0.2) is 0 Å². The Bertz CT molecular complexity index is 700. The van der Waals surface area contributed by atoms with Crippen molar-refractivity contribution >= 4 is 17.3 Å². The summed E-state index contributed by atoms with van der Waals surface area (Å²) in [4.78, 5) is 11.7. The van der Waals surface area contributed by atoms with E-state index in [1.165, 1.54) is 0 Å². The van der Waals surface area contributed by atoms with Crippen molar-refractivity contribution in [3.8, 4) is 11.1 Å². The van der Waals surface area contributed by atoms with Crippen molar-refractivity contribution in [2.24, 2.45) is 0 Å². The first kappa shape index (κ1) is 14.6. The number of hydrogen-bond acceptors (Lipinski definition) is 3. The summed E-state index contributed by atoms with van der Waals surface area (Å²) in [5, 5.41) is 16.3. The van der Waals surface area contributed by atoms with Gasteiger partial charge in [-0.2, -0.15) is 0 Å². The third-order valence-electron chi connectivity index (χ3n) is 3.89. The first-order valence-electron chi connectivity index (χ1n) is 7.45. The van der Waals surface area contributed by atoms with E-state index in [1.54, 1.807) is 13.8 Å². The monoisotopic (exact) mass is 296 g/mol. The van der Waals surface area contributed by atoms with Gasteiger partial charge in [-0.05, 0) is 31.0 Å². The maximum Gasteiger partial charge on any atom is 0.226 e. The zero-order chi connectivity index (χ0) is 15.7. The van der Waals surface area contributed by atoms with Crippen LogP contribution in [0.1, 0.15) is 25.8 Å². The van der Waals surface area contributed by atoms with Crippen molar-refractivity contribution in [2.75, 3.05) is 17.2 Å². The van der Waals surface area contributed by atoms with Crippen LogP contribution in [0.4, 0.5) is 11.4 Å². The zero-order valence-corrected chi connectivity index (χ0v) is 12.8. The molecule has 0 aliphatic carbocycles. The van der Waals surface area contributed by atoms with E-state index in [9.17, 15) is 9.90 Å². The number of hydrogen-bond donors (Lipinski definition) is 3. The van der Waals surface area contributed by atoms with Gasteiger partial charge in [0.15, 0.2) is 0 Å². The highest BCUT2D eigenvalue weighted by molar-refractivity contribution is 5.99. The lowest BCUT2D eigenvalue weighted by Gasteiger charge is -2.19. The number of carbonyl (C=O) groups is 1.